The Morgan fingerprint density at radius 3 is 2.81 bits per heavy atom. The Balaban J connectivity index is 1.84. The van der Waals surface area contributed by atoms with Crippen LogP contribution in [0, 0.1) is 5.92 Å². The minimum atomic E-state index is -0.607. The third-order valence-corrected chi connectivity index (χ3v) is 3.58. The summed E-state index contributed by atoms with van der Waals surface area (Å²) >= 11 is 0. The van der Waals surface area contributed by atoms with E-state index in [2.05, 4.69) is 10.2 Å². The van der Waals surface area contributed by atoms with Gasteiger partial charge >= 0.3 is 0 Å². The summed E-state index contributed by atoms with van der Waals surface area (Å²) in [6, 6.07) is 1.61. The van der Waals surface area contributed by atoms with Gasteiger partial charge in [-0.1, -0.05) is 32.1 Å². The standard InChI is InChI=1S/C12H21N3O/c13-10(8-9-4-2-1-3-5-9)12(16)11-6-7-14-15-11/h6-7,9-10,12,16H,1-5,8,13H2,(H,14,15)/t10-,12+/m1/s1. The first-order valence-electron chi connectivity index (χ1n) is 6.20. The van der Waals surface area contributed by atoms with E-state index in [-0.39, 0.29) is 6.04 Å². The Morgan fingerprint density at radius 2 is 2.19 bits per heavy atom. The Labute approximate surface area is 96.2 Å². The number of hydrogen-bond donors (Lipinski definition) is 3. The van der Waals surface area contributed by atoms with Gasteiger partial charge in [0, 0.05) is 12.2 Å². The fourth-order valence-corrected chi connectivity index (χ4v) is 2.60. The first-order valence-corrected chi connectivity index (χ1v) is 6.20. The molecule has 4 heteroatoms. The summed E-state index contributed by atoms with van der Waals surface area (Å²) in [5, 5.41) is 16.6. The predicted molar refractivity (Wildman–Crippen MR) is 62.7 cm³/mol. The smallest absolute Gasteiger partial charge is 0.110 e. The predicted octanol–water partition coefficient (Wildman–Crippen LogP) is 1.74. The second-order valence-electron chi connectivity index (χ2n) is 4.86. The number of H-pyrrole nitrogens is 1. The number of aliphatic hydroxyl groups excluding tert-OH is 1. The average molecular weight is 223 g/mol. The van der Waals surface area contributed by atoms with Crippen molar-refractivity contribution in [1.29, 1.82) is 0 Å². The molecule has 0 amide bonds. The van der Waals surface area contributed by atoms with Gasteiger partial charge in [-0.2, -0.15) is 5.10 Å². The molecule has 0 aromatic carbocycles. The van der Waals surface area contributed by atoms with Crippen LogP contribution in [-0.4, -0.2) is 21.3 Å². The van der Waals surface area contributed by atoms with Crippen molar-refractivity contribution >= 4 is 0 Å². The molecule has 1 aliphatic carbocycles. The second-order valence-corrected chi connectivity index (χ2v) is 4.86. The first kappa shape index (κ1) is 11.6. The van der Waals surface area contributed by atoms with Gasteiger partial charge in [0.15, 0.2) is 0 Å². The number of nitrogens with zero attached hydrogens (tertiary/aromatic N) is 1. The maximum Gasteiger partial charge on any atom is 0.110 e. The normalized spacial score (nSPS) is 21.9. The van der Waals surface area contributed by atoms with Crippen LogP contribution in [0.4, 0.5) is 0 Å². The monoisotopic (exact) mass is 223 g/mol. The molecule has 0 aliphatic heterocycles. The van der Waals surface area contributed by atoms with Gasteiger partial charge in [0.2, 0.25) is 0 Å². The fraction of sp³-hybridized carbons (Fsp3) is 0.750. The minimum absolute atomic E-state index is 0.177. The van der Waals surface area contributed by atoms with E-state index in [1.165, 1.54) is 32.1 Å². The highest BCUT2D eigenvalue weighted by Crippen LogP contribution is 2.29. The van der Waals surface area contributed by atoms with Crippen LogP contribution in [0.15, 0.2) is 12.3 Å². The molecule has 0 spiro atoms. The van der Waals surface area contributed by atoms with Crippen molar-refractivity contribution in [2.75, 3.05) is 0 Å². The molecule has 2 rings (SSSR count). The van der Waals surface area contributed by atoms with Crippen LogP contribution in [0.25, 0.3) is 0 Å². The first-order chi connectivity index (χ1) is 7.77. The summed E-state index contributed by atoms with van der Waals surface area (Å²) in [7, 11) is 0. The molecule has 1 saturated carbocycles. The number of aliphatic hydroxyl groups is 1. The average Bonchev–Trinajstić information content (AvgIpc) is 2.83. The Hall–Kier alpha value is -0.870. The van der Waals surface area contributed by atoms with E-state index < -0.39 is 6.10 Å². The zero-order chi connectivity index (χ0) is 11.4. The fourth-order valence-electron chi connectivity index (χ4n) is 2.60. The van der Waals surface area contributed by atoms with Crippen molar-refractivity contribution in [1.82, 2.24) is 10.2 Å². The Morgan fingerprint density at radius 1 is 1.44 bits per heavy atom. The molecule has 0 radical (unpaired) electrons. The molecule has 0 unspecified atom stereocenters. The number of nitrogens with one attached hydrogen (secondary N) is 1. The maximum absolute atomic E-state index is 10.0. The molecule has 2 atom stereocenters. The third-order valence-electron chi connectivity index (χ3n) is 3.58. The van der Waals surface area contributed by atoms with E-state index in [1.807, 2.05) is 0 Å². The van der Waals surface area contributed by atoms with Crippen molar-refractivity contribution in [2.24, 2.45) is 11.7 Å². The van der Waals surface area contributed by atoms with Gasteiger partial charge in [0.25, 0.3) is 0 Å². The number of aromatic nitrogens is 2. The molecule has 1 fully saturated rings. The molecule has 16 heavy (non-hydrogen) atoms. The minimum Gasteiger partial charge on any atom is -0.385 e. The van der Waals surface area contributed by atoms with Gasteiger partial charge < -0.3 is 10.8 Å². The van der Waals surface area contributed by atoms with Crippen LogP contribution >= 0.6 is 0 Å². The molecule has 1 aliphatic rings. The zero-order valence-corrected chi connectivity index (χ0v) is 9.60. The summed E-state index contributed by atoms with van der Waals surface area (Å²) in [6.07, 6.45) is 8.48. The van der Waals surface area contributed by atoms with Crippen molar-refractivity contribution < 1.29 is 5.11 Å². The molecular weight excluding hydrogens is 202 g/mol. The molecule has 4 N–H and O–H groups in total. The number of nitrogens with two attached hydrogens (primary N) is 1. The quantitative estimate of drug-likeness (QED) is 0.727. The van der Waals surface area contributed by atoms with Gasteiger partial charge in [0.1, 0.15) is 6.10 Å². The van der Waals surface area contributed by atoms with Gasteiger partial charge in [-0.25, -0.2) is 0 Å². The lowest BCUT2D eigenvalue weighted by Crippen LogP contribution is -2.31. The Bertz CT molecular complexity index is 293. The summed E-state index contributed by atoms with van der Waals surface area (Å²) < 4.78 is 0. The van der Waals surface area contributed by atoms with E-state index in [0.717, 1.165) is 12.1 Å². The zero-order valence-electron chi connectivity index (χ0n) is 9.60. The Kier molecular flexibility index (Phi) is 3.96. The number of hydrogen-bond acceptors (Lipinski definition) is 3. The van der Waals surface area contributed by atoms with E-state index in [4.69, 9.17) is 5.73 Å². The van der Waals surface area contributed by atoms with Crippen LogP contribution in [-0.2, 0) is 0 Å². The van der Waals surface area contributed by atoms with Gasteiger partial charge in [0.05, 0.1) is 5.69 Å². The van der Waals surface area contributed by atoms with Crippen LogP contribution < -0.4 is 5.73 Å². The highest BCUT2D eigenvalue weighted by Gasteiger charge is 2.23. The summed E-state index contributed by atoms with van der Waals surface area (Å²) in [6.45, 7) is 0. The highest BCUT2D eigenvalue weighted by atomic mass is 16.3. The van der Waals surface area contributed by atoms with E-state index in [0.29, 0.717) is 5.92 Å². The number of rotatable bonds is 4. The molecule has 1 aromatic heterocycles. The van der Waals surface area contributed by atoms with Gasteiger partial charge in [-0.05, 0) is 18.4 Å². The van der Waals surface area contributed by atoms with Crippen molar-refractivity contribution in [3.63, 3.8) is 0 Å². The lowest BCUT2D eigenvalue weighted by atomic mass is 9.83. The number of aromatic amines is 1. The van der Waals surface area contributed by atoms with E-state index >= 15 is 0 Å². The van der Waals surface area contributed by atoms with Crippen molar-refractivity contribution in [3.05, 3.63) is 18.0 Å². The molecule has 1 aromatic rings. The molecule has 4 nitrogen and oxygen atoms in total. The highest BCUT2D eigenvalue weighted by molar-refractivity contribution is 5.04. The third kappa shape index (κ3) is 2.83. The van der Waals surface area contributed by atoms with Crippen LogP contribution in [0.5, 0.6) is 0 Å². The largest absolute Gasteiger partial charge is 0.385 e. The summed E-state index contributed by atoms with van der Waals surface area (Å²) in [4.78, 5) is 0. The molecule has 0 bridgehead atoms. The van der Waals surface area contributed by atoms with Crippen LogP contribution in [0.1, 0.15) is 50.3 Å². The SMILES string of the molecule is N[C@H](CC1CCCCC1)[C@H](O)c1ccn[nH]1. The van der Waals surface area contributed by atoms with Gasteiger partial charge in [-0.3, -0.25) is 5.10 Å². The lowest BCUT2D eigenvalue weighted by Gasteiger charge is -2.26. The topological polar surface area (TPSA) is 74.9 Å². The van der Waals surface area contributed by atoms with Crippen molar-refractivity contribution in [2.45, 2.75) is 50.7 Å². The summed E-state index contributed by atoms with van der Waals surface area (Å²) in [5.74, 6) is 0.696. The summed E-state index contributed by atoms with van der Waals surface area (Å²) in [5.41, 5.74) is 6.77. The van der Waals surface area contributed by atoms with Crippen molar-refractivity contribution in [3.8, 4) is 0 Å². The maximum atomic E-state index is 10.0. The van der Waals surface area contributed by atoms with E-state index in [9.17, 15) is 5.11 Å². The second kappa shape index (κ2) is 5.46. The van der Waals surface area contributed by atoms with Crippen LogP contribution in [0.3, 0.4) is 0 Å². The molecule has 1 heterocycles. The van der Waals surface area contributed by atoms with Crippen LogP contribution in [0.2, 0.25) is 0 Å². The molecule has 90 valence electrons. The lowest BCUT2D eigenvalue weighted by molar-refractivity contribution is 0.124. The molecule has 0 saturated heterocycles. The van der Waals surface area contributed by atoms with E-state index in [1.54, 1.807) is 12.3 Å². The van der Waals surface area contributed by atoms with Gasteiger partial charge in [-0.15, -0.1) is 0 Å². The molecular formula is C12H21N3O.